The second kappa shape index (κ2) is 7.74. The van der Waals surface area contributed by atoms with E-state index in [1.807, 2.05) is 44.4 Å². The lowest BCUT2D eigenvalue weighted by Crippen LogP contribution is -2.23. The first-order valence-corrected chi connectivity index (χ1v) is 10.0. The van der Waals surface area contributed by atoms with Gasteiger partial charge < -0.3 is 9.80 Å². The van der Waals surface area contributed by atoms with Crippen molar-refractivity contribution in [1.82, 2.24) is 9.97 Å². The lowest BCUT2D eigenvalue weighted by molar-refractivity contribution is 0.609. The Bertz CT molecular complexity index is 876. The van der Waals surface area contributed by atoms with Crippen molar-refractivity contribution in [3.05, 3.63) is 47.5 Å². The summed E-state index contributed by atoms with van der Waals surface area (Å²) < 4.78 is 27.4. The van der Waals surface area contributed by atoms with Crippen molar-refractivity contribution in [3.63, 3.8) is 0 Å². The van der Waals surface area contributed by atoms with E-state index in [2.05, 4.69) is 19.6 Å². The molecule has 0 radical (unpaired) electrons. The molecule has 0 amide bonds. The molecule has 1 N–H and O–H groups in total. The zero-order chi connectivity index (χ0) is 18.6. The van der Waals surface area contributed by atoms with Crippen LogP contribution in [0.1, 0.15) is 18.4 Å². The SMILES string of the molecule is CN(C)c1nc(N2CCCC2)ncc1NS(=O)(=O)/C=C/c1ccccc1. The average molecular weight is 373 g/mol. The second-order valence-corrected chi connectivity index (χ2v) is 7.92. The Balaban J connectivity index is 1.82. The highest BCUT2D eigenvalue weighted by atomic mass is 32.2. The first-order chi connectivity index (χ1) is 12.4. The minimum atomic E-state index is -3.67. The molecule has 0 aliphatic carbocycles. The zero-order valence-electron chi connectivity index (χ0n) is 15.0. The van der Waals surface area contributed by atoms with Crippen molar-refractivity contribution < 1.29 is 8.42 Å². The molecule has 138 valence electrons. The van der Waals surface area contributed by atoms with Crippen LogP contribution in [-0.2, 0) is 10.0 Å². The van der Waals surface area contributed by atoms with Crippen LogP contribution in [0.4, 0.5) is 17.5 Å². The van der Waals surface area contributed by atoms with Gasteiger partial charge in [-0.05, 0) is 24.5 Å². The van der Waals surface area contributed by atoms with Gasteiger partial charge in [0.05, 0.1) is 11.6 Å². The van der Waals surface area contributed by atoms with Crippen molar-refractivity contribution >= 4 is 33.6 Å². The van der Waals surface area contributed by atoms with E-state index >= 15 is 0 Å². The first-order valence-electron chi connectivity index (χ1n) is 8.50. The van der Waals surface area contributed by atoms with Crippen LogP contribution in [0, 0.1) is 0 Å². The molecule has 0 bridgehead atoms. The molecule has 0 saturated carbocycles. The molecule has 1 saturated heterocycles. The Morgan fingerprint density at radius 1 is 1.15 bits per heavy atom. The molecule has 3 rings (SSSR count). The van der Waals surface area contributed by atoms with E-state index in [-0.39, 0.29) is 0 Å². The molecule has 2 heterocycles. The van der Waals surface area contributed by atoms with Crippen molar-refractivity contribution in [2.45, 2.75) is 12.8 Å². The highest BCUT2D eigenvalue weighted by Crippen LogP contribution is 2.26. The second-order valence-electron chi connectivity index (χ2n) is 6.36. The van der Waals surface area contributed by atoms with Gasteiger partial charge in [-0.2, -0.15) is 4.98 Å². The minimum Gasteiger partial charge on any atom is -0.361 e. The van der Waals surface area contributed by atoms with Crippen LogP contribution in [0.25, 0.3) is 6.08 Å². The van der Waals surface area contributed by atoms with Crippen molar-refractivity contribution in [2.75, 3.05) is 41.7 Å². The molecule has 1 aromatic heterocycles. The van der Waals surface area contributed by atoms with Gasteiger partial charge in [0, 0.05) is 27.2 Å². The Morgan fingerprint density at radius 3 is 2.50 bits per heavy atom. The molecule has 2 aromatic rings. The van der Waals surface area contributed by atoms with E-state index in [1.54, 1.807) is 11.0 Å². The molecule has 1 aliphatic heterocycles. The van der Waals surface area contributed by atoms with E-state index in [0.717, 1.165) is 36.9 Å². The lowest BCUT2D eigenvalue weighted by atomic mass is 10.2. The number of aromatic nitrogens is 2. The number of hydrogen-bond donors (Lipinski definition) is 1. The lowest BCUT2D eigenvalue weighted by Gasteiger charge is -2.20. The monoisotopic (exact) mass is 373 g/mol. The normalized spacial score (nSPS) is 14.8. The Labute approximate surface area is 154 Å². The van der Waals surface area contributed by atoms with Crippen molar-refractivity contribution in [1.29, 1.82) is 0 Å². The van der Waals surface area contributed by atoms with Gasteiger partial charge in [0.1, 0.15) is 5.69 Å². The fourth-order valence-electron chi connectivity index (χ4n) is 2.77. The number of anilines is 3. The number of nitrogens with zero attached hydrogens (tertiary/aromatic N) is 4. The van der Waals surface area contributed by atoms with Gasteiger partial charge in [-0.1, -0.05) is 30.3 Å². The predicted molar refractivity (Wildman–Crippen MR) is 106 cm³/mol. The molecular weight excluding hydrogens is 350 g/mol. The van der Waals surface area contributed by atoms with Crippen LogP contribution in [0.2, 0.25) is 0 Å². The summed E-state index contributed by atoms with van der Waals surface area (Å²) in [5.41, 5.74) is 1.17. The Kier molecular flexibility index (Phi) is 5.41. The molecule has 0 spiro atoms. The van der Waals surface area contributed by atoms with Crippen LogP contribution in [0.5, 0.6) is 0 Å². The standard InChI is InChI=1S/C18H23N5O2S/c1-22(2)17-16(14-19-18(20-17)23-11-6-7-12-23)21-26(24,25)13-10-15-8-4-3-5-9-15/h3-5,8-10,13-14,21H,6-7,11-12H2,1-2H3/b13-10+. The molecule has 8 heteroatoms. The summed E-state index contributed by atoms with van der Waals surface area (Å²) in [6.45, 7) is 1.86. The van der Waals surface area contributed by atoms with E-state index in [1.165, 1.54) is 6.20 Å². The maximum absolute atomic E-state index is 12.4. The summed E-state index contributed by atoms with van der Waals surface area (Å²) in [4.78, 5) is 12.8. The van der Waals surface area contributed by atoms with E-state index < -0.39 is 10.0 Å². The number of nitrogens with one attached hydrogen (secondary N) is 1. The molecule has 1 aromatic carbocycles. The smallest absolute Gasteiger partial charge is 0.255 e. The van der Waals surface area contributed by atoms with E-state index in [9.17, 15) is 8.42 Å². The maximum Gasteiger partial charge on any atom is 0.255 e. The molecular formula is C18H23N5O2S. The van der Waals surface area contributed by atoms with Gasteiger partial charge in [-0.15, -0.1) is 0 Å². The third-order valence-electron chi connectivity index (χ3n) is 4.06. The van der Waals surface area contributed by atoms with Crippen molar-refractivity contribution in [3.8, 4) is 0 Å². The van der Waals surface area contributed by atoms with Crippen molar-refractivity contribution in [2.24, 2.45) is 0 Å². The van der Waals surface area contributed by atoms with Crippen LogP contribution >= 0.6 is 0 Å². The minimum absolute atomic E-state index is 0.357. The van der Waals surface area contributed by atoms with Gasteiger partial charge in [0.25, 0.3) is 10.0 Å². The first kappa shape index (κ1) is 18.2. The van der Waals surface area contributed by atoms with E-state index in [0.29, 0.717) is 17.5 Å². The van der Waals surface area contributed by atoms with Gasteiger partial charge >= 0.3 is 0 Å². The van der Waals surface area contributed by atoms with Gasteiger partial charge in [-0.3, -0.25) is 4.72 Å². The zero-order valence-corrected chi connectivity index (χ0v) is 15.8. The number of benzene rings is 1. The number of rotatable bonds is 6. The van der Waals surface area contributed by atoms with Crippen LogP contribution in [0.15, 0.2) is 41.9 Å². The number of hydrogen-bond acceptors (Lipinski definition) is 6. The van der Waals surface area contributed by atoms with Crippen LogP contribution < -0.4 is 14.5 Å². The maximum atomic E-state index is 12.4. The van der Waals surface area contributed by atoms with Gasteiger partial charge in [-0.25, -0.2) is 13.4 Å². The van der Waals surface area contributed by atoms with Gasteiger partial charge in [0.2, 0.25) is 5.95 Å². The molecule has 26 heavy (non-hydrogen) atoms. The molecule has 1 aliphatic rings. The predicted octanol–water partition coefficient (Wildman–Crippen LogP) is 2.56. The Hall–Kier alpha value is -2.61. The molecule has 0 unspecified atom stereocenters. The topological polar surface area (TPSA) is 78.4 Å². The molecule has 7 nitrogen and oxygen atoms in total. The number of sulfonamides is 1. The summed E-state index contributed by atoms with van der Waals surface area (Å²) in [7, 11) is -0.0174. The third-order valence-corrected chi connectivity index (χ3v) is 5.06. The van der Waals surface area contributed by atoms with E-state index in [4.69, 9.17) is 0 Å². The quantitative estimate of drug-likeness (QED) is 0.838. The summed E-state index contributed by atoms with van der Waals surface area (Å²) >= 11 is 0. The molecule has 1 fully saturated rings. The van der Waals surface area contributed by atoms with Crippen LogP contribution in [0.3, 0.4) is 0 Å². The van der Waals surface area contributed by atoms with Crippen LogP contribution in [-0.4, -0.2) is 45.6 Å². The largest absolute Gasteiger partial charge is 0.361 e. The average Bonchev–Trinajstić information content (AvgIpc) is 3.15. The summed E-state index contributed by atoms with van der Waals surface area (Å²) in [5, 5.41) is 1.15. The molecule has 0 atom stereocenters. The fourth-order valence-corrected chi connectivity index (χ4v) is 3.62. The summed E-state index contributed by atoms with van der Waals surface area (Å²) in [5.74, 6) is 1.17. The van der Waals surface area contributed by atoms with Gasteiger partial charge in [0.15, 0.2) is 5.82 Å². The Morgan fingerprint density at radius 2 is 1.85 bits per heavy atom. The summed E-state index contributed by atoms with van der Waals surface area (Å²) in [6.07, 6.45) is 5.33. The highest BCUT2D eigenvalue weighted by Gasteiger charge is 2.19. The highest BCUT2D eigenvalue weighted by molar-refractivity contribution is 7.95. The fraction of sp³-hybridized carbons (Fsp3) is 0.333. The summed E-state index contributed by atoms with van der Waals surface area (Å²) in [6, 6.07) is 9.27. The third kappa shape index (κ3) is 4.51.